The summed E-state index contributed by atoms with van der Waals surface area (Å²) < 4.78 is 33.3. The Labute approximate surface area is 206 Å². The molecule has 1 aromatic carbocycles. The molecule has 7 nitrogen and oxygen atoms in total. The largest absolute Gasteiger partial charge is 0.462 e. The fraction of sp³-hybridized carbons (Fsp3) is 0.560. The second-order valence-electron chi connectivity index (χ2n) is 9.80. The van der Waals surface area contributed by atoms with Gasteiger partial charge in [0.15, 0.2) is 0 Å². The van der Waals surface area contributed by atoms with Crippen LogP contribution in [0.25, 0.3) is 0 Å². The number of carbonyl (C=O) groups is 1. The number of anilines is 1. The van der Waals surface area contributed by atoms with E-state index in [0.29, 0.717) is 36.6 Å². The standard InChI is InChI=1S/C25H33N3O4S2/c1-20-4-6-21(7-5-20)27-16-14-26(15-17-27)11-8-22-19-25(24(29)32-22)9-12-28(13-10-25)34(30,31)23-3-2-18-33-23/h2-7,18,22H,8-17,19H2,1H3/t22-/m1/s1. The number of ether oxygens (including phenoxy) is 1. The number of carbonyl (C=O) groups excluding carboxylic acids is 1. The van der Waals surface area contributed by atoms with E-state index in [2.05, 4.69) is 41.0 Å². The zero-order valence-electron chi connectivity index (χ0n) is 19.7. The van der Waals surface area contributed by atoms with Gasteiger partial charge in [-0.1, -0.05) is 23.8 Å². The maximum absolute atomic E-state index is 12.8. The number of aryl methyl sites for hydroxylation is 1. The van der Waals surface area contributed by atoms with Crippen molar-refractivity contribution in [2.24, 2.45) is 5.41 Å². The summed E-state index contributed by atoms with van der Waals surface area (Å²) in [5, 5.41) is 1.78. The Bertz CT molecular complexity index is 1090. The molecule has 34 heavy (non-hydrogen) atoms. The Kier molecular flexibility index (Phi) is 6.72. The highest BCUT2D eigenvalue weighted by Gasteiger charge is 2.51. The zero-order valence-corrected chi connectivity index (χ0v) is 21.3. The van der Waals surface area contributed by atoms with Gasteiger partial charge >= 0.3 is 5.97 Å². The van der Waals surface area contributed by atoms with Crippen LogP contribution in [0.15, 0.2) is 46.0 Å². The number of piperazine rings is 1. The first-order valence-electron chi connectivity index (χ1n) is 12.1. The molecule has 0 bridgehead atoms. The predicted molar refractivity (Wildman–Crippen MR) is 134 cm³/mol. The third-order valence-electron chi connectivity index (χ3n) is 7.63. The molecule has 2 aromatic rings. The van der Waals surface area contributed by atoms with E-state index in [-0.39, 0.29) is 12.1 Å². The van der Waals surface area contributed by atoms with Crippen LogP contribution >= 0.6 is 11.3 Å². The van der Waals surface area contributed by atoms with Gasteiger partial charge in [-0.2, -0.15) is 4.31 Å². The highest BCUT2D eigenvalue weighted by molar-refractivity contribution is 7.91. The Morgan fingerprint density at radius 2 is 1.74 bits per heavy atom. The van der Waals surface area contributed by atoms with Crippen LogP contribution in [0.2, 0.25) is 0 Å². The highest BCUT2D eigenvalue weighted by Crippen LogP contribution is 2.44. The van der Waals surface area contributed by atoms with Crippen molar-refractivity contribution in [3.63, 3.8) is 0 Å². The summed E-state index contributed by atoms with van der Waals surface area (Å²) in [6.45, 7) is 7.82. The van der Waals surface area contributed by atoms with Crippen LogP contribution in [0.4, 0.5) is 5.69 Å². The molecule has 0 amide bonds. The van der Waals surface area contributed by atoms with Crippen LogP contribution in [0.5, 0.6) is 0 Å². The number of hydrogen-bond donors (Lipinski definition) is 0. The first-order valence-corrected chi connectivity index (χ1v) is 14.5. The number of hydrogen-bond acceptors (Lipinski definition) is 7. The third-order valence-corrected chi connectivity index (χ3v) is 10.9. The van der Waals surface area contributed by atoms with Gasteiger partial charge in [0.2, 0.25) is 0 Å². The normalized spacial score (nSPS) is 24.0. The van der Waals surface area contributed by atoms with Gasteiger partial charge in [0, 0.05) is 57.9 Å². The monoisotopic (exact) mass is 503 g/mol. The second kappa shape index (κ2) is 9.60. The molecule has 0 radical (unpaired) electrons. The van der Waals surface area contributed by atoms with Crippen LogP contribution in [0.1, 0.15) is 31.2 Å². The van der Waals surface area contributed by atoms with Gasteiger partial charge in [0.05, 0.1) is 5.41 Å². The quantitative estimate of drug-likeness (QED) is 0.563. The Balaban J connectivity index is 1.09. The summed E-state index contributed by atoms with van der Waals surface area (Å²) in [6.07, 6.45) is 2.57. The Morgan fingerprint density at radius 3 is 2.38 bits per heavy atom. The first-order chi connectivity index (χ1) is 16.4. The molecule has 0 saturated carbocycles. The number of cyclic esters (lactones) is 1. The van der Waals surface area contributed by atoms with Crippen molar-refractivity contribution in [3.8, 4) is 0 Å². The van der Waals surface area contributed by atoms with Crippen molar-refractivity contribution in [2.75, 3.05) is 50.7 Å². The Hall–Kier alpha value is -1.94. The van der Waals surface area contributed by atoms with Gasteiger partial charge in [-0.15, -0.1) is 11.3 Å². The summed E-state index contributed by atoms with van der Waals surface area (Å²) in [4.78, 5) is 17.7. The molecular formula is C25H33N3O4S2. The lowest BCUT2D eigenvalue weighted by atomic mass is 9.76. The minimum atomic E-state index is -3.46. The lowest BCUT2D eigenvalue weighted by molar-refractivity contribution is -0.150. The number of esters is 1. The van der Waals surface area contributed by atoms with Crippen molar-refractivity contribution in [2.45, 2.75) is 42.9 Å². The second-order valence-corrected chi connectivity index (χ2v) is 12.9. The third kappa shape index (κ3) is 4.76. The molecule has 184 valence electrons. The van der Waals surface area contributed by atoms with Crippen LogP contribution in [-0.4, -0.2) is 75.5 Å². The number of thiophene rings is 1. The van der Waals surface area contributed by atoms with E-state index in [0.717, 1.165) is 39.1 Å². The molecule has 5 rings (SSSR count). The lowest BCUT2D eigenvalue weighted by Gasteiger charge is -2.36. The van der Waals surface area contributed by atoms with Crippen molar-refractivity contribution in [1.29, 1.82) is 0 Å². The van der Waals surface area contributed by atoms with Crippen LogP contribution in [0, 0.1) is 12.3 Å². The molecule has 3 fully saturated rings. The molecule has 3 aliphatic rings. The van der Waals surface area contributed by atoms with E-state index in [4.69, 9.17) is 4.74 Å². The zero-order chi connectivity index (χ0) is 23.8. The average Bonchev–Trinajstić information content (AvgIpc) is 3.49. The van der Waals surface area contributed by atoms with Gasteiger partial charge in [0.25, 0.3) is 10.0 Å². The van der Waals surface area contributed by atoms with E-state index in [1.54, 1.807) is 17.5 Å². The molecule has 0 N–H and O–H groups in total. The summed E-state index contributed by atoms with van der Waals surface area (Å²) in [7, 11) is -3.46. The Morgan fingerprint density at radius 1 is 1.03 bits per heavy atom. The maximum atomic E-state index is 12.8. The van der Waals surface area contributed by atoms with Crippen LogP contribution in [-0.2, 0) is 19.6 Å². The van der Waals surface area contributed by atoms with Gasteiger partial charge in [-0.3, -0.25) is 9.69 Å². The summed E-state index contributed by atoms with van der Waals surface area (Å²) in [5.41, 5.74) is 2.04. The summed E-state index contributed by atoms with van der Waals surface area (Å²) in [5.74, 6) is -0.130. The van der Waals surface area contributed by atoms with E-state index in [9.17, 15) is 13.2 Å². The molecule has 4 heterocycles. The molecule has 9 heteroatoms. The van der Waals surface area contributed by atoms with Crippen LogP contribution < -0.4 is 4.90 Å². The molecule has 1 atom stereocenters. The number of nitrogens with zero attached hydrogens (tertiary/aromatic N) is 3. The fourth-order valence-corrected chi connectivity index (χ4v) is 8.00. The minimum absolute atomic E-state index is 0.0666. The average molecular weight is 504 g/mol. The number of benzene rings is 1. The molecule has 0 aliphatic carbocycles. The van der Waals surface area contributed by atoms with Gasteiger partial charge in [-0.05, 0) is 49.8 Å². The number of piperidine rings is 1. The lowest BCUT2D eigenvalue weighted by Crippen LogP contribution is -2.47. The fourth-order valence-electron chi connectivity index (χ4n) is 5.41. The molecule has 1 spiro atoms. The predicted octanol–water partition coefficient (Wildman–Crippen LogP) is 3.36. The SMILES string of the molecule is Cc1ccc(N2CCN(CC[C@@H]3CC4(CCN(S(=O)(=O)c5cccs5)CC4)C(=O)O3)CC2)cc1. The summed E-state index contributed by atoms with van der Waals surface area (Å²) in [6, 6.07) is 12.1. The molecule has 1 aromatic heterocycles. The molecule has 3 aliphatic heterocycles. The highest BCUT2D eigenvalue weighted by atomic mass is 32.2. The molecule has 3 saturated heterocycles. The molecule has 0 unspecified atom stereocenters. The minimum Gasteiger partial charge on any atom is -0.462 e. The van der Waals surface area contributed by atoms with E-state index in [1.165, 1.54) is 26.9 Å². The molecular weight excluding hydrogens is 470 g/mol. The maximum Gasteiger partial charge on any atom is 0.312 e. The van der Waals surface area contributed by atoms with Gasteiger partial charge < -0.3 is 9.64 Å². The topological polar surface area (TPSA) is 70.2 Å². The summed E-state index contributed by atoms with van der Waals surface area (Å²) >= 11 is 1.24. The van der Waals surface area contributed by atoms with Gasteiger partial charge in [-0.25, -0.2) is 8.42 Å². The van der Waals surface area contributed by atoms with Crippen molar-refractivity contribution in [1.82, 2.24) is 9.21 Å². The number of rotatable bonds is 6. The van der Waals surface area contributed by atoms with Crippen molar-refractivity contribution >= 4 is 33.0 Å². The van der Waals surface area contributed by atoms with Crippen molar-refractivity contribution < 1.29 is 17.9 Å². The van der Waals surface area contributed by atoms with E-state index >= 15 is 0 Å². The van der Waals surface area contributed by atoms with E-state index in [1.807, 2.05) is 0 Å². The number of sulfonamides is 1. The van der Waals surface area contributed by atoms with Crippen LogP contribution in [0.3, 0.4) is 0 Å². The van der Waals surface area contributed by atoms with Crippen molar-refractivity contribution in [3.05, 3.63) is 47.3 Å². The van der Waals surface area contributed by atoms with Gasteiger partial charge in [0.1, 0.15) is 10.3 Å². The first kappa shape index (κ1) is 23.8. The smallest absolute Gasteiger partial charge is 0.312 e. The van der Waals surface area contributed by atoms with E-state index < -0.39 is 15.4 Å².